The van der Waals surface area contributed by atoms with Crippen molar-refractivity contribution in [1.82, 2.24) is 10.2 Å². The molecule has 2 rings (SSSR count). The Labute approximate surface area is 125 Å². The lowest BCUT2D eigenvalue weighted by Crippen LogP contribution is -2.46. The Balaban J connectivity index is 1.83. The minimum atomic E-state index is -0.397. The van der Waals surface area contributed by atoms with Gasteiger partial charge in [0.1, 0.15) is 0 Å². The SMILES string of the molecule is CCCNCC1(CN(C)CC2(O)CCCC2)CCCC1. The first-order valence-electron chi connectivity index (χ1n) is 8.69. The van der Waals surface area contributed by atoms with Gasteiger partial charge in [-0.2, -0.15) is 0 Å². The van der Waals surface area contributed by atoms with Gasteiger partial charge in [-0.3, -0.25) is 0 Å². The van der Waals surface area contributed by atoms with E-state index in [0.29, 0.717) is 5.41 Å². The number of likely N-dealkylation sites (N-methyl/N-ethyl adjacent to an activating group) is 1. The van der Waals surface area contributed by atoms with E-state index < -0.39 is 5.60 Å². The van der Waals surface area contributed by atoms with Gasteiger partial charge in [0.05, 0.1) is 5.60 Å². The van der Waals surface area contributed by atoms with Crippen LogP contribution < -0.4 is 5.32 Å². The van der Waals surface area contributed by atoms with Gasteiger partial charge in [-0.25, -0.2) is 0 Å². The zero-order valence-electron chi connectivity index (χ0n) is 13.6. The molecule has 2 aliphatic rings. The predicted molar refractivity (Wildman–Crippen MR) is 85.0 cm³/mol. The summed E-state index contributed by atoms with van der Waals surface area (Å²) in [5.41, 5.74) is 0.0598. The van der Waals surface area contributed by atoms with E-state index >= 15 is 0 Å². The van der Waals surface area contributed by atoms with Gasteiger partial charge in [0.15, 0.2) is 0 Å². The van der Waals surface area contributed by atoms with E-state index in [-0.39, 0.29) is 0 Å². The molecule has 20 heavy (non-hydrogen) atoms. The lowest BCUT2D eigenvalue weighted by atomic mass is 9.85. The number of rotatable bonds is 8. The number of nitrogens with one attached hydrogen (secondary N) is 1. The Morgan fingerprint density at radius 2 is 1.60 bits per heavy atom. The van der Waals surface area contributed by atoms with Crippen LogP contribution in [0.15, 0.2) is 0 Å². The molecule has 0 radical (unpaired) electrons. The zero-order valence-corrected chi connectivity index (χ0v) is 13.6. The van der Waals surface area contributed by atoms with Crippen molar-refractivity contribution >= 4 is 0 Å². The first-order chi connectivity index (χ1) is 9.58. The summed E-state index contributed by atoms with van der Waals surface area (Å²) in [5.74, 6) is 0. The lowest BCUT2D eigenvalue weighted by Gasteiger charge is -2.37. The monoisotopic (exact) mass is 282 g/mol. The Kier molecular flexibility index (Phi) is 5.88. The lowest BCUT2D eigenvalue weighted by molar-refractivity contribution is 0.00569. The van der Waals surface area contributed by atoms with Crippen LogP contribution >= 0.6 is 0 Å². The average Bonchev–Trinajstić information content (AvgIpc) is 3.00. The van der Waals surface area contributed by atoms with E-state index in [1.54, 1.807) is 0 Å². The highest BCUT2D eigenvalue weighted by Crippen LogP contribution is 2.39. The van der Waals surface area contributed by atoms with Crippen molar-refractivity contribution in [2.75, 3.05) is 33.2 Å². The first-order valence-corrected chi connectivity index (χ1v) is 8.69. The summed E-state index contributed by atoms with van der Waals surface area (Å²) in [7, 11) is 2.20. The van der Waals surface area contributed by atoms with Crippen molar-refractivity contribution in [3.05, 3.63) is 0 Å². The molecule has 0 aromatic carbocycles. The molecule has 2 saturated carbocycles. The van der Waals surface area contributed by atoms with Gasteiger partial charge in [-0.05, 0) is 51.1 Å². The second kappa shape index (κ2) is 7.24. The summed E-state index contributed by atoms with van der Waals surface area (Å²) in [4.78, 5) is 2.41. The third-order valence-corrected chi connectivity index (χ3v) is 5.29. The van der Waals surface area contributed by atoms with E-state index in [0.717, 1.165) is 39.0 Å². The molecular formula is C17H34N2O. The van der Waals surface area contributed by atoms with Crippen LogP contribution in [0.3, 0.4) is 0 Å². The van der Waals surface area contributed by atoms with E-state index in [9.17, 15) is 5.11 Å². The fourth-order valence-corrected chi connectivity index (χ4v) is 4.37. The van der Waals surface area contributed by atoms with Gasteiger partial charge in [0, 0.05) is 19.6 Å². The van der Waals surface area contributed by atoms with Crippen LogP contribution in [0.1, 0.15) is 64.7 Å². The smallest absolute Gasteiger partial charge is 0.0774 e. The molecule has 3 heteroatoms. The minimum Gasteiger partial charge on any atom is -0.389 e. The molecule has 0 atom stereocenters. The van der Waals surface area contributed by atoms with Gasteiger partial charge < -0.3 is 15.3 Å². The normalized spacial score (nSPS) is 24.6. The third-order valence-electron chi connectivity index (χ3n) is 5.29. The van der Waals surface area contributed by atoms with Crippen LogP contribution in [0.4, 0.5) is 0 Å². The van der Waals surface area contributed by atoms with Crippen molar-refractivity contribution < 1.29 is 5.11 Å². The molecule has 0 aromatic heterocycles. The summed E-state index contributed by atoms with van der Waals surface area (Å²) in [6.07, 6.45) is 11.1. The van der Waals surface area contributed by atoms with Crippen LogP contribution in [0.2, 0.25) is 0 Å². The molecule has 0 heterocycles. The number of hydrogen-bond acceptors (Lipinski definition) is 3. The summed E-state index contributed by atoms with van der Waals surface area (Å²) >= 11 is 0. The maximum atomic E-state index is 10.6. The molecule has 118 valence electrons. The quantitative estimate of drug-likeness (QED) is 0.672. The molecule has 3 nitrogen and oxygen atoms in total. The molecule has 0 saturated heterocycles. The van der Waals surface area contributed by atoms with Crippen LogP contribution in [0.25, 0.3) is 0 Å². The first kappa shape index (κ1) is 16.3. The maximum Gasteiger partial charge on any atom is 0.0774 e. The van der Waals surface area contributed by atoms with E-state index in [4.69, 9.17) is 0 Å². The summed E-state index contributed by atoms with van der Waals surface area (Å²) in [5, 5.41) is 14.2. The van der Waals surface area contributed by atoms with Gasteiger partial charge in [-0.15, -0.1) is 0 Å². The standard InChI is InChI=1S/C17H34N2O/c1-3-12-18-13-16(8-4-5-9-16)14-19(2)15-17(20)10-6-7-11-17/h18,20H,3-15H2,1-2H3. The average molecular weight is 282 g/mol. The molecule has 0 spiro atoms. The highest BCUT2D eigenvalue weighted by Gasteiger charge is 2.37. The van der Waals surface area contributed by atoms with E-state index in [2.05, 4.69) is 24.2 Å². The summed E-state index contributed by atoms with van der Waals surface area (Å²) in [6, 6.07) is 0. The Morgan fingerprint density at radius 1 is 1.00 bits per heavy atom. The summed E-state index contributed by atoms with van der Waals surface area (Å²) in [6.45, 7) is 6.53. The third kappa shape index (κ3) is 4.44. The highest BCUT2D eigenvalue weighted by atomic mass is 16.3. The fourth-order valence-electron chi connectivity index (χ4n) is 4.37. The number of aliphatic hydroxyl groups is 1. The second-order valence-corrected chi connectivity index (χ2v) is 7.49. The van der Waals surface area contributed by atoms with Crippen molar-refractivity contribution in [3.63, 3.8) is 0 Å². The van der Waals surface area contributed by atoms with Gasteiger partial charge >= 0.3 is 0 Å². The Hall–Kier alpha value is -0.120. The second-order valence-electron chi connectivity index (χ2n) is 7.49. The van der Waals surface area contributed by atoms with Crippen molar-refractivity contribution in [3.8, 4) is 0 Å². The largest absolute Gasteiger partial charge is 0.389 e. The van der Waals surface area contributed by atoms with Crippen LogP contribution in [-0.4, -0.2) is 48.8 Å². The topological polar surface area (TPSA) is 35.5 Å². The number of nitrogens with zero attached hydrogens (tertiary/aromatic N) is 1. The maximum absolute atomic E-state index is 10.6. The molecule has 2 aliphatic carbocycles. The molecule has 0 amide bonds. The zero-order chi connectivity index (χ0) is 14.5. The minimum absolute atomic E-state index is 0.397. The fraction of sp³-hybridized carbons (Fsp3) is 1.00. The molecule has 0 aromatic rings. The van der Waals surface area contributed by atoms with Crippen LogP contribution in [0, 0.1) is 5.41 Å². The van der Waals surface area contributed by atoms with E-state index in [1.165, 1.54) is 44.9 Å². The van der Waals surface area contributed by atoms with E-state index in [1.807, 2.05) is 0 Å². The molecule has 0 bridgehead atoms. The highest BCUT2D eigenvalue weighted by molar-refractivity contribution is 4.92. The van der Waals surface area contributed by atoms with Gasteiger partial charge in [0.2, 0.25) is 0 Å². The van der Waals surface area contributed by atoms with Crippen molar-refractivity contribution in [2.45, 2.75) is 70.3 Å². The molecule has 0 unspecified atom stereocenters. The number of hydrogen-bond donors (Lipinski definition) is 2. The molecule has 0 aliphatic heterocycles. The molecular weight excluding hydrogens is 248 g/mol. The van der Waals surface area contributed by atoms with Crippen molar-refractivity contribution in [1.29, 1.82) is 0 Å². The van der Waals surface area contributed by atoms with Crippen molar-refractivity contribution in [2.24, 2.45) is 5.41 Å². The van der Waals surface area contributed by atoms with Gasteiger partial charge in [-0.1, -0.05) is 32.6 Å². The molecule has 2 N–H and O–H groups in total. The van der Waals surface area contributed by atoms with Crippen LogP contribution in [0.5, 0.6) is 0 Å². The summed E-state index contributed by atoms with van der Waals surface area (Å²) < 4.78 is 0. The van der Waals surface area contributed by atoms with Crippen LogP contribution in [-0.2, 0) is 0 Å². The Morgan fingerprint density at radius 3 is 2.20 bits per heavy atom. The van der Waals surface area contributed by atoms with Gasteiger partial charge in [0.25, 0.3) is 0 Å². The molecule has 2 fully saturated rings. The Bertz CT molecular complexity index is 281. The predicted octanol–water partition coefficient (Wildman–Crippen LogP) is 2.78.